The van der Waals surface area contributed by atoms with Gasteiger partial charge in [0.2, 0.25) is 0 Å². The monoisotopic (exact) mass is 463 g/mol. The summed E-state index contributed by atoms with van der Waals surface area (Å²) in [6.45, 7) is -0.611. The molecule has 2 aliphatic rings. The number of aromatic nitrogens is 2. The second-order valence-corrected chi connectivity index (χ2v) is 8.71. The molecular weight excluding hydrogens is 439 g/mol. The van der Waals surface area contributed by atoms with Crippen LogP contribution in [0.15, 0.2) is 30.5 Å². The molecule has 1 saturated carbocycles. The van der Waals surface area contributed by atoms with E-state index in [1.807, 2.05) is 0 Å². The molecule has 0 spiro atoms. The zero-order chi connectivity index (χ0) is 23.8. The third kappa shape index (κ3) is 4.94. The number of carboxylic acids is 1. The number of benzene rings is 1. The maximum atomic E-state index is 13.5. The number of Topliss-reactive ketones (excluding diaryl/α,β-unsaturated/α-hetero) is 1. The molecule has 2 aromatic rings. The van der Waals surface area contributed by atoms with Crippen molar-refractivity contribution in [2.45, 2.75) is 63.8 Å². The first-order valence-electron chi connectivity index (χ1n) is 10.9. The van der Waals surface area contributed by atoms with Gasteiger partial charge in [-0.1, -0.05) is 31.7 Å². The van der Waals surface area contributed by atoms with Crippen molar-refractivity contribution in [2.75, 3.05) is 0 Å². The van der Waals surface area contributed by atoms with Gasteiger partial charge in [-0.15, -0.1) is 0 Å². The van der Waals surface area contributed by atoms with Crippen LogP contribution in [0.25, 0.3) is 0 Å². The Labute approximate surface area is 188 Å². The van der Waals surface area contributed by atoms with Crippen molar-refractivity contribution in [3.8, 4) is 0 Å². The number of hydrogen-bond donors (Lipinski definition) is 1. The van der Waals surface area contributed by atoms with E-state index in [-0.39, 0.29) is 42.3 Å². The number of hydrogen-bond acceptors (Lipinski definition) is 4. The van der Waals surface area contributed by atoms with Crippen molar-refractivity contribution in [1.82, 2.24) is 14.7 Å². The number of alkyl halides is 3. The van der Waals surface area contributed by atoms with Gasteiger partial charge in [0.25, 0.3) is 5.91 Å². The molecule has 7 nitrogen and oxygen atoms in total. The summed E-state index contributed by atoms with van der Waals surface area (Å²) in [5.74, 6) is -1.72. The molecule has 1 fully saturated rings. The molecule has 1 atom stereocenters. The quantitative estimate of drug-likeness (QED) is 0.645. The van der Waals surface area contributed by atoms with Crippen LogP contribution >= 0.6 is 0 Å². The highest BCUT2D eigenvalue weighted by molar-refractivity contribution is 6.02. The van der Waals surface area contributed by atoms with Crippen LogP contribution in [0.4, 0.5) is 13.2 Å². The summed E-state index contributed by atoms with van der Waals surface area (Å²) in [5, 5.41) is 13.0. The van der Waals surface area contributed by atoms with Crippen LogP contribution in [0.2, 0.25) is 0 Å². The molecule has 1 amide bonds. The van der Waals surface area contributed by atoms with Crippen LogP contribution in [-0.4, -0.2) is 43.5 Å². The van der Waals surface area contributed by atoms with E-state index in [9.17, 15) is 27.6 Å². The van der Waals surface area contributed by atoms with Gasteiger partial charge in [-0.3, -0.25) is 19.1 Å². The van der Waals surface area contributed by atoms with Gasteiger partial charge in [0.05, 0.1) is 23.7 Å². The maximum absolute atomic E-state index is 13.5. The van der Waals surface area contributed by atoms with Crippen LogP contribution in [0.1, 0.15) is 59.3 Å². The average Bonchev–Trinajstić information content (AvgIpc) is 3.46. The van der Waals surface area contributed by atoms with Gasteiger partial charge in [-0.05, 0) is 36.1 Å². The Morgan fingerprint density at radius 3 is 2.58 bits per heavy atom. The number of rotatable bonds is 8. The predicted molar refractivity (Wildman–Crippen MR) is 110 cm³/mol. The van der Waals surface area contributed by atoms with Gasteiger partial charge in [0.1, 0.15) is 6.54 Å². The summed E-state index contributed by atoms with van der Waals surface area (Å²) in [5.41, 5.74) is -0.599. The van der Waals surface area contributed by atoms with E-state index in [1.165, 1.54) is 34.0 Å². The number of carbonyl (C=O) groups excluding carboxylic acids is 2. The fourth-order valence-electron chi connectivity index (χ4n) is 4.89. The molecule has 1 N–H and O–H groups in total. The minimum absolute atomic E-state index is 0.0141. The standard InChI is InChI=1S/C23H24F3N3O4/c24-23(25,26)18-7-3-6-16-17(18)12-29(22(16)33)19(10-14-4-1-2-5-14)20(30)11-15-8-9-28(27-15)13-21(31)32/h3,6-9,14,19H,1-2,4-5,10-13H2,(H,31,32)/t19-/m0/s1. The smallest absolute Gasteiger partial charge is 0.416 e. The normalized spacial score (nSPS) is 17.4. The van der Waals surface area contributed by atoms with Crippen LogP contribution in [0.5, 0.6) is 0 Å². The molecule has 1 aromatic heterocycles. The minimum Gasteiger partial charge on any atom is -0.480 e. The van der Waals surface area contributed by atoms with Crippen LogP contribution in [0.3, 0.4) is 0 Å². The van der Waals surface area contributed by atoms with E-state index in [0.717, 1.165) is 31.7 Å². The lowest BCUT2D eigenvalue weighted by molar-refractivity contribution is -0.139. The van der Waals surface area contributed by atoms with Gasteiger partial charge >= 0.3 is 12.1 Å². The third-order valence-corrected chi connectivity index (χ3v) is 6.43. The van der Waals surface area contributed by atoms with Gasteiger partial charge in [-0.25, -0.2) is 0 Å². The first kappa shape index (κ1) is 23.0. The number of carbonyl (C=O) groups is 3. The molecule has 176 valence electrons. The first-order valence-corrected chi connectivity index (χ1v) is 10.9. The van der Waals surface area contributed by atoms with Crippen molar-refractivity contribution in [3.63, 3.8) is 0 Å². The zero-order valence-electron chi connectivity index (χ0n) is 17.8. The Morgan fingerprint density at radius 1 is 1.18 bits per heavy atom. The van der Waals surface area contributed by atoms with E-state index >= 15 is 0 Å². The Morgan fingerprint density at radius 2 is 1.91 bits per heavy atom. The molecule has 1 aromatic carbocycles. The topological polar surface area (TPSA) is 92.5 Å². The van der Waals surface area contributed by atoms with Crippen LogP contribution < -0.4 is 0 Å². The summed E-state index contributed by atoms with van der Waals surface area (Å²) in [7, 11) is 0. The highest BCUT2D eigenvalue weighted by atomic mass is 19.4. The Balaban J connectivity index is 1.59. The molecule has 2 heterocycles. The summed E-state index contributed by atoms with van der Waals surface area (Å²) in [6, 6.07) is 4.22. The van der Waals surface area contributed by atoms with Crippen molar-refractivity contribution >= 4 is 17.7 Å². The van der Waals surface area contributed by atoms with Gasteiger partial charge in [-0.2, -0.15) is 18.3 Å². The molecule has 0 saturated heterocycles. The summed E-state index contributed by atoms with van der Waals surface area (Å²) < 4.78 is 41.7. The second-order valence-electron chi connectivity index (χ2n) is 8.71. The highest BCUT2D eigenvalue weighted by Crippen LogP contribution is 2.39. The summed E-state index contributed by atoms with van der Waals surface area (Å²) >= 11 is 0. The van der Waals surface area contributed by atoms with E-state index < -0.39 is 29.7 Å². The number of carboxylic acid groups (broad SMARTS) is 1. The van der Waals surface area contributed by atoms with E-state index in [1.54, 1.807) is 0 Å². The lowest BCUT2D eigenvalue weighted by atomic mass is 9.93. The molecule has 0 radical (unpaired) electrons. The number of nitrogens with zero attached hydrogens (tertiary/aromatic N) is 3. The molecule has 4 rings (SSSR count). The molecule has 1 aliphatic carbocycles. The lowest BCUT2D eigenvalue weighted by Crippen LogP contribution is -2.43. The summed E-state index contributed by atoms with van der Waals surface area (Å²) in [6.07, 6.45) is 1.01. The van der Waals surface area contributed by atoms with Crippen molar-refractivity contribution in [3.05, 3.63) is 52.8 Å². The van der Waals surface area contributed by atoms with Gasteiger partial charge in [0.15, 0.2) is 5.78 Å². The Kier molecular flexibility index (Phi) is 6.27. The van der Waals surface area contributed by atoms with E-state index in [4.69, 9.17) is 5.11 Å². The molecule has 0 bridgehead atoms. The van der Waals surface area contributed by atoms with Crippen molar-refractivity contribution in [1.29, 1.82) is 0 Å². The number of halogens is 3. The van der Waals surface area contributed by atoms with E-state index in [0.29, 0.717) is 12.1 Å². The minimum atomic E-state index is -4.59. The third-order valence-electron chi connectivity index (χ3n) is 6.43. The molecule has 33 heavy (non-hydrogen) atoms. The highest BCUT2D eigenvalue weighted by Gasteiger charge is 2.43. The van der Waals surface area contributed by atoms with Crippen molar-refractivity contribution in [2.24, 2.45) is 5.92 Å². The fraction of sp³-hybridized carbons (Fsp3) is 0.478. The van der Waals surface area contributed by atoms with Crippen LogP contribution in [-0.2, 0) is 35.3 Å². The first-order chi connectivity index (χ1) is 15.6. The van der Waals surface area contributed by atoms with Gasteiger partial charge < -0.3 is 10.0 Å². The Bertz CT molecular complexity index is 1070. The molecule has 10 heteroatoms. The molecule has 0 unspecified atom stereocenters. The fourth-order valence-corrected chi connectivity index (χ4v) is 4.89. The Hall–Kier alpha value is -3.17. The summed E-state index contributed by atoms with van der Waals surface area (Å²) in [4.78, 5) is 38.5. The molecule has 1 aliphatic heterocycles. The lowest BCUT2D eigenvalue weighted by Gasteiger charge is -2.29. The predicted octanol–water partition coefficient (Wildman–Crippen LogP) is 3.70. The number of ketones is 1. The van der Waals surface area contributed by atoms with Gasteiger partial charge in [0, 0.05) is 18.3 Å². The number of aliphatic carboxylic acids is 1. The number of fused-ring (bicyclic) bond motifs is 1. The maximum Gasteiger partial charge on any atom is 0.416 e. The average molecular weight is 463 g/mol. The second kappa shape index (κ2) is 8.99. The number of amides is 1. The van der Waals surface area contributed by atoms with E-state index in [2.05, 4.69) is 5.10 Å². The van der Waals surface area contributed by atoms with Crippen LogP contribution in [0, 0.1) is 5.92 Å². The largest absolute Gasteiger partial charge is 0.480 e. The zero-order valence-corrected chi connectivity index (χ0v) is 17.8. The molecular formula is C23H24F3N3O4. The van der Waals surface area contributed by atoms with Crippen molar-refractivity contribution < 1.29 is 32.7 Å². The SMILES string of the molecule is O=C(O)Cn1ccc(CC(=O)[C@H](CC2CCCC2)N2Cc3c(cccc3C(F)(F)F)C2=O)n1.